The average molecular weight is 240 g/mol. The summed E-state index contributed by atoms with van der Waals surface area (Å²) in [5, 5.41) is 0. The molecule has 1 aromatic carbocycles. The highest BCUT2D eigenvalue weighted by atomic mass is 19.4. The third-order valence-electron chi connectivity index (χ3n) is 1.66. The highest BCUT2D eigenvalue weighted by Gasteiger charge is 2.33. The zero-order valence-corrected chi connectivity index (χ0v) is 8.39. The van der Waals surface area contributed by atoms with E-state index in [1.807, 2.05) is 0 Å². The van der Waals surface area contributed by atoms with E-state index in [0.29, 0.717) is 0 Å². The van der Waals surface area contributed by atoms with Crippen molar-refractivity contribution in [3.8, 4) is 17.2 Å². The first-order valence-corrected chi connectivity index (χ1v) is 4.04. The van der Waals surface area contributed by atoms with Gasteiger partial charge in [-0.3, -0.25) is 0 Å². The minimum atomic E-state index is -4.96. The van der Waals surface area contributed by atoms with Gasteiger partial charge in [-0.15, -0.1) is 13.2 Å². The number of ether oxygens (including phenoxy) is 3. The second-order valence-electron chi connectivity index (χ2n) is 2.69. The summed E-state index contributed by atoms with van der Waals surface area (Å²) in [6.45, 7) is 0. The Bertz CT molecular complexity index is 376. The maximum atomic E-state index is 13.1. The van der Waals surface area contributed by atoms with Crippen LogP contribution in [0.5, 0.6) is 17.2 Å². The minimum Gasteiger partial charge on any atom is -0.493 e. The van der Waals surface area contributed by atoms with Crippen LogP contribution in [0.25, 0.3) is 0 Å². The zero-order chi connectivity index (χ0) is 12.3. The van der Waals surface area contributed by atoms with E-state index >= 15 is 0 Å². The van der Waals surface area contributed by atoms with Crippen LogP contribution in [0.4, 0.5) is 17.6 Å². The van der Waals surface area contributed by atoms with Gasteiger partial charge in [-0.05, 0) is 0 Å². The molecule has 0 N–H and O–H groups in total. The Hall–Kier alpha value is -1.66. The largest absolute Gasteiger partial charge is 0.573 e. The number of hydrogen-bond donors (Lipinski definition) is 0. The van der Waals surface area contributed by atoms with Gasteiger partial charge in [0, 0.05) is 12.1 Å². The molecule has 0 atom stereocenters. The topological polar surface area (TPSA) is 27.7 Å². The summed E-state index contributed by atoms with van der Waals surface area (Å²) in [5.41, 5.74) is 0. The Morgan fingerprint density at radius 1 is 0.938 bits per heavy atom. The van der Waals surface area contributed by atoms with Gasteiger partial charge in [-0.2, -0.15) is 0 Å². The Morgan fingerprint density at radius 2 is 1.44 bits per heavy atom. The van der Waals surface area contributed by atoms with Crippen LogP contribution in [0.1, 0.15) is 0 Å². The first-order chi connectivity index (χ1) is 7.37. The van der Waals surface area contributed by atoms with Gasteiger partial charge in [0.25, 0.3) is 0 Å². The summed E-state index contributed by atoms with van der Waals surface area (Å²) in [6.07, 6.45) is -4.96. The van der Waals surface area contributed by atoms with Gasteiger partial charge in [0.15, 0.2) is 23.1 Å². The summed E-state index contributed by atoms with van der Waals surface area (Å²) in [6, 6.07) is 1.52. The Kier molecular flexibility index (Phi) is 3.46. The van der Waals surface area contributed by atoms with Crippen LogP contribution >= 0.6 is 0 Å². The van der Waals surface area contributed by atoms with Crippen molar-refractivity contribution in [2.45, 2.75) is 6.36 Å². The molecule has 90 valence electrons. The molecule has 0 amide bonds. The number of rotatable bonds is 3. The molecular formula is C9H8F4O3. The van der Waals surface area contributed by atoms with Crippen molar-refractivity contribution in [3.05, 3.63) is 17.9 Å². The van der Waals surface area contributed by atoms with Crippen LogP contribution < -0.4 is 14.2 Å². The fourth-order valence-electron chi connectivity index (χ4n) is 1.04. The summed E-state index contributed by atoms with van der Waals surface area (Å²) < 4.78 is 61.6. The molecule has 0 aromatic heterocycles. The van der Waals surface area contributed by atoms with Crippen LogP contribution in [0.3, 0.4) is 0 Å². The van der Waals surface area contributed by atoms with Gasteiger partial charge >= 0.3 is 6.36 Å². The first-order valence-electron chi connectivity index (χ1n) is 4.04. The molecule has 16 heavy (non-hydrogen) atoms. The van der Waals surface area contributed by atoms with Gasteiger partial charge in [-0.25, -0.2) is 4.39 Å². The number of alkyl halides is 3. The van der Waals surface area contributed by atoms with Crippen LogP contribution in [0, 0.1) is 5.82 Å². The number of halogens is 4. The van der Waals surface area contributed by atoms with Crippen molar-refractivity contribution in [2.24, 2.45) is 0 Å². The third-order valence-corrected chi connectivity index (χ3v) is 1.66. The lowest BCUT2D eigenvalue weighted by Crippen LogP contribution is -2.18. The molecule has 0 saturated carbocycles. The minimum absolute atomic E-state index is 0.0190. The van der Waals surface area contributed by atoms with E-state index < -0.39 is 17.9 Å². The van der Waals surface area contributed by atoms with E-state index in [9.17, 15) is 17.6 Å². The smallest absolute Gasteiger partial charge is 0.493 e. The molecule has 0 unspecified atom stereocenters. The second kappa shape index (κ2) is 4.46. The van der Waals surface area contributed by atoms with Crippen LogP contribution in [-0.4, -0.2) is 20.6 Å². The van der Waals surface area contributed by atoms with Crippen molar-refractivity contribution in [2.75, 3.05) is 14.2 Å². The maximum Gasteiger partial charge on any atom is 0.573 e. The van der Waals surface area contributed by atoms with Crippen LogP contribution in [0.2, 0.25) is 0 Å². The Morgan fingerprint density at radius 3 is 1.88 bits per heavy atom. The van der Waals surface area contributed by atoms with Crippen molar-refractivity contribution in [1.82, 2.24) is 0 Å². The number of methoxy groups -OCH3 is 2. The second-order valence-corrected chi connectivity index (χ2v) is 2.69. The van der Waals surface area contributed by atoms with Crippen molar-refractivity contribution < 1.29 is 31.8 Å². The van der Waals surface area contributed by atoms with E-state index in [-0.39, 0.29) is 11.5 Å². The molecule has 0 radical (unpaired) electrons. The molecule has 1 rings (SSSR count). The summed E-state index contributed by atoms with van der Waals surface area (Å²) >= 11 is 0. The van der Waals surface area contributed by atoms with E-state index in [1.165, 1.54) is 14.2 Å². The number of benzene rings is 1. The maximum absolute atomic E-state index is 13.1. The van der Waals surface area contributed by atoms with Gasteiger partial charge in [0.2, 0.25) is 0 Å². The fraction of sp³-hybridized carbons (Fsp3) is 0.333. The van der Waals surface area contributed by atoms with Crippen LogP contribution in [0.15, 0.2) is 12.1 Å². The van der Waals surface area contributed by atoms with Gasteiger partial charge in [0.05, 0.1) is 14.2 Å². The van der Waals surface area contributed by atoms with Crippen molar-refractivity contribution in [1.29, 1.82) is 0 Å². The zero-order valence-electron chi connectivity index (χ0n) is 8.39. The predicted octanol–water partition coefficient (Wildman–Crippen LogP) is 2.74. The quantitative estimate of drug-likeness (QED) is 0.760. The highest BCUT2D eigenvalue weighted by Crippen LogP contribution is 2.35. The molecule has 0 aliphatic carbocycles. The Balaban J connectivity index is 3.11. The van der Waals surface area contributed by atoms with Crippen molar-refractivity contribution in [3.63, 3.8) is 0 Å². The van der Waals surface area contributed by atoms with E-state index in [2.05, 4.69) is 4.74 Å². The molecule has 0 bridgehead atoms. The van der Waals surface area contributed by atoms with Crippen LogP contribution in [-0.2, 0) is 0 Å². The highest BCUT2D eigenvalue weighted by molar-refractivity contribution is 5.46. The van der Waals surface area contributed by atoms with Gasteiger partial charge < -0.3 is 14.2 Å². The third kappa shape index (κ3) is 2.91. The summed E-state index contributed by atoms with van der Waals surface area (Å²) in [4.78, 5) is 0. The molecule has 0 aliphatic rings. The molecule has 0 saturated heterocycles. The van der Waals surface area contributed by atoms with E-state index in [4.69, 9.17) is 9.47 Å². The summed E-state index contributed by atoms with van der Waals surface area (Å²) in [5.74, 6) is -2.22. The lowest BCUT2D eigenvalue weighted by molar-refractivity contribution is -0.275. The Labute approximate surface area is 88.5 Å². The lowest BCUT2D eigenvalue weighted by atomic mass is 10.3. The van der Waals surface area contributed by atoms with Crippen molar-refractivity contribution >= 4 is 0 Å². The molecule has 1 aromatic rings. The van der Waals surface area contributed by atoms with Gasteiger partial charge in [-0.1, -0.05) is 0 Å². The molecule has 0 heterocycles. The van der Waals surface area contributed by atoms with E-state index in [0.717, 1.165) is 12.1 Å². The van der Waals surface area contributed by atoms with Gasteiger partial charge in [0.1, 0.15) is 0 Å². The van der Waals surface area contributed by atoms with E-state index in [1.54, 1.807) is 0 Å². The SMILES string of the molecule is COc1cc(F)c(OC(F)(F)F)cc1OC. The average Bonchev–Trinajstić information content (AvgIpc) is 2.18. The first kappa shape index (κ1) is 12.4. The standard InChI is InChI=1S/C9H8F4O3/c1-14-7-3-5(10)6(4-8(7)15-2)16-9(11,12)13/h3-4H,1-2H3. The lowest BCUT2D eigenvalue weighted by Gasteiger charge is -2.13. The molecule has 0 aliphatic heterocycles. The summed E-state index contributed by atoms with van der Waals surface area (Å²) in [7, 11) is 2.45. The molecular weight excluding hydrogens is 232 g/mol. The number of hydrogen-bond acceptors (Lipinski definition) is 3. The predicted molar refractivity (Wildman–Crippen MR) is 46.2 cm³/mol. The normalized spacial score (nSPS) is 11.1. The molecule has 3 nitrogen and oxygen atoms in total. The molecule has 7 heteroatoms. The molecule has 0 spiro atoms. The molecule has 0 fully saturated rings. The monoisotopic (exact) mass is 240 g/mol. The fourth-order valence-corrected chi connectivity index (χ4v) is 1.04.